The van der Waals surface area contributed by atoms with Crippen LogP contribution < -0.4 is 10.6 Å². The maximum atomic E-state index is 12.8. The first kappa shape index (κ1) is 17.0. The molecule has 0 atom stereocenters. The quantitative estimate of drug-likeness (QED) is 0.467. The van der Waals surface area contributed by atoms with Gasteiger partial charge in [0.05, 0.1) is 6.20 Å². The van der Waals surface area contributed by atoms with Crippen molar-refractivity contribution in [3.05, 3.63) is 53.6 Å². The summed E-state index contributed by atoms with van der Waals surface area (Å²) in [6, 6.07) is 6.58. The molecule has 0 spiro atoms. The van der Waals surface area contributed by atoms with Crippen LogP contribution in [0.4, 0.5) is 4.39 Å². The molecule has 0 fully saturated rings. The smallest absolute Gasteiger partial charge is 0.190 e. The highest BCUT2D eigenvalue weighted by atomic mass is 19.1. The van der Waals surface area contributed by atoms with Gasteiger partial charge in [0, 0.05) is 32.9 Å². The SMILES string of the molecule is CN=C(NCCCn1cc(C)cn1)NCCc1ccc(F)cc1. The van der Waals surface area contributed by atoms with Gasteiger partial charge in [-0.25, -0.2) is 4.39 Å². The van der Waals surface area contributed by atoms with E-state index in [1.165, 1.54) is 17.7 Å². The molecule has 0 aliphatic heterocycles. The highest BCUT2D eigenvalue weighted by Gasteiger charge is 1.99. The Morgan fingerprint density at radius 3 is 2.61 bits per heavy atom. The van der Waals surface area contributed by atoms with Crippen molar-refractivity contribution in [3.63, 3.8) is 0 Å². The number of hydrogen-bond acceptors (Lipinski definition) is 2. The molecule has 23 heavy (non-hydrogen) atoms. The number of aliphatic imine (C=N–C) groups is 1. The normalized spacial score (nSPS) is 11.5. The Hall–Kier alpha value is -2.37. The highest BCUT2D eigenvalue weighted by Crippen LogP contribution is 2.02. The van der Waals surface area contributed by atoms with E-state index in [0.717, 1.165) is 44.0 Å². The van der Waals surface area contributed by atoms with Crippen LogP contribution in [0, 0.1) is 12.7 Å². The van der Waals surface area contributed by atoms with E-state index in [-0.39, 0.29) is 5.82 Å². The first-order valence-corrected chi connectivity index (χ1v) is 7.85. The Labute approximate surface area is 136 Å². The maximum absolute atomic E-state index is 12.8. The van der Waals surface area contributed by atoms with Crippen molar-refractivity contribution in [1.29, 1.82) is 0 Å². The van der Waals surface area contributed by atoms with Crippen molar-refractivity contribution in [2.45, 2.75) is 26.3 Å². The first-order chi connectivity index (χ1) is 11.2. The molecule has 0 aliphatic carbocycles. The minimum atomic E-state index is -0.202. The predicted octanol–water partition coefficient (Wildman–Crippen LogP) is 2.13. The van der Waals surface area contributed by atoms with E-state index < -0.39 is 0 Å². The molecule has 1 aromatic heterocycles. The van der Waals surface area contributed by atoms with Crippen molar-refractivity contribution >= 4 is 5.96 Å². The molecule has 1 aromatic carbocycles. The summed E-state index contributed by atoms with van der Waals surface area (Å²) in [6.07, 6.45) is 5.70. The molecule has 0 amide bonds. The molecule has 0 unspecified atom stereocenters. The van der Waals surface area contributed by atoms with Crippen LogP contribution in [0.5, 0.6) is 0 Å². The number of halogens is 1. The van der Waals surface area contributed by atoms with Crippen LogP contribution in [-0.4, -0.2) is 35.9 Å². The lowest BCUT2D eigenvalue weighted by atomic mass is 10.1. The minimum Gasteiger partial charge on any atom is -0.356 e. The van der Waals surface area contributed by atoms with Crippen molar-refractivity contribution in [2.24, 2.45) is 4.99 Å². The van der Waals surface area contributed by atoms with Gasteiger partial charge in [-0.05, 0) is 43.0 Å². The molecule has 0 saturated heterocycles. The van der Waals surface area contributed by atoms with Gasteiger partial charge in [0.2, 0.25) is 0 Å². The summed E-state index contributed by atoms with van der Waals surface area (Å²) < 4.78 is 14.8. The zero-order valence-corrected chi connectivity index (χ0v) is 13.7. The van der Waals surface area contributed by atoms with Crippen LogP contribution in [0.15, 0.2) is 41.7 Å². The standard InChI is InChI=1S/C17H24FN5/c1-14-12-22-23(13-14)11-3-9-20-17(19-2)21-10-8-15-4-6-16(18)7-5-15/h4-7,12-13H,3,8-11H2,1-2H3,(H2,19,20,21). The van der Waals surface area contributed by atoms with E-state index in [2.05, 4.69) is 20.7 Å². The van der Waals surface area contributed by atoms with Gasteiger partial charge in [0.1, 0.15) is 5.82 Å². The Balaban J connectivity index is 1.62. The maximum Gasteiger partial charge on any atom is 0.190 e. The lowest BCUT2D eigenvalue weighted by Crippen LogP contribution is -2.39. The molecule has 2 N–H and O–H groups in total. The van der Waals surface area contributed by atoms with Crippen LogP contribution in [0.3, 0.4) is 0 Å². The largest absolute Gasteiger partial charge is 0.356 e. The third-order valence-electron chi connectivity index (χ3n) is 3.46. The molecule has 0 bridgehead atoms. The van der Waals surface area contributed by atoms with Crippen LogP contribution in [0.2, 0.25) is 0 Å². The predicted molar refractivity (Wildman–Crippen MR) is 91.0 cm³/mol. The summed E-state index contributed by atoms with van der Waals surface area (Å²) >= 11 is 0. The summed E-state index contributed by atoms with van der Waals surface area (Å²) in [5, 5.41) is 10.8. The zero-order chi connectivity index (χ0) is 16.5. The summed E-state index contributed by atoms with van der Waals surface area (Å²) in [6.45, 7) is 4.50. The van der Waals surface area contributed by atoms with Gasteiger partial charge in [0.15, 0.2) is 5.96 Å². The van der Waals surface area contributed by atoms with Gasteiger partial charge in [0.25, 0.3) is 0 Å². The fourth-order valence-electron chi connectivity index (χ4n) is 2.23. The summed E-state index contributed by atoms with van der Waals surface area (Å²) in [5.74, 6) is 0.579. The monoisotopic (exact) mass is 317 g/mol. The van der Waals surface area contributed by atoms with E-state index in [0.29, 0.717) is 0 Å². The molecular formula is C17H24FN5. The van der Waals surface area contributed by atoms with Gasteiger partial charge in [-0.3, -0.25) is 9.67 Å². The molecule has 1 heterocycles. The lowest BCUT2D eigenvalue weighted by molar-refractivity contribution is 0.570. The van der Waals surface area contributed by atoms with Gasteiger partial charge >= 0.3 is 0 Å². The summed E-state index contributed by atoms with van der Waals surface area (Å²) in [4.78, 5) is 4.19. The van der Waals surface area contributed by atoms with Gasteiger partial charge in [-0.1, -0.05) is 12.1 Å². The molecule has 0 radical (unpaired) electrons. The summed E-state index contributed by atoms with van der Waals surface area (Å²) in [5.41, 5.74) is 2.28. The second kappa shape index (κ2) is 8.92. The number of aromatic nitrogens is 2. The minimum absolute atomic E-state index is 0.202. The van der Waals surface area contributed by atoms with Crippen LogP contribution in [0.25, 0.3) is 0 Å². The average molecular weight is 317 g/mol. The van der Waals surface area contributed by atoms with E-state index >= 15 is 0 Å². The van der Waals surface area contributed by atoms with E-state index in [1.807, 2.05) is 24.0 Å². The molecule has 6 heteroatoms. The van der Waals surface area contributed by atoms with Crippen molar-refractivity contribution in [3.8, 4) is 0 Å². The van der Waals surface area contributed by atoms with Gasteiger partial charge in [-0.2, -0.15) is 5.10 Å². The third-order valence-corrected chi connectivity index (χ3v) is 3.46. The van der Waals surface area contributed by atoms with Gasteiger partial charge in [-0.15, -0.1) is 0 Å². The van der Waals surface area contributed by atoms with Crippen molar-refractivity contribution in [1.82, 2.24) is 20.4 Å². The molecule has 0 aliphatic rings. The van der Waals surface area contributed by atoms with Crippen LogP contribution >= 0.6 is 0 Å². The Morgan fingerprint density at radius 2 is 1.96 bits per heavy atom. The number of guanidine groups is 1. The van der Waals surface area contributed by atoms with Gasteiger partial charge < -0.3 is 10.6 Å². The second-order valence-corrected chi connectivity index (χ2v) is 5.44. The van der Waals surface area contributed by atoms with Crippen molar-refractivity contribution in [2.75, 3.05) is 20.1 Å². The van der Waals surface area contributed by atoms with Crippen LogP contribution in [-0.2, 0) is 13.0 Å². The second-order valence-electron chi connectivity index (χ2n) is 5.44. The molecule has 124 valence electrons. The van der Waals surface area contributed by atoms with E-state index in [1.54, 1.807) is 19.2 Å². The highest BCUT2D eigenvalue weighted by molar-refractivity contribution is 5.79. The fraction of sp³-hybridized carbons (Fsp3) is 0.412. The lowest BCUT2D eigenvalue weighted by Gasteiger charge is -2.12. The molecule has 0 saturated carbocycles. The number of aryl methyl sites for hydroxylation is 2. The average Bonchev–Trinajstić information content (AvgIpc) is 2.97. The number of rotatable bonds is 7. The number of nitrogens with one attached hydrogen (secondary N) is 2. The van der Waals surface area contributed by atoms with Crippen LogP contribution in [0.1, 0.15) is 17.5 Å². The summed E-state index contributed by atoms with van der Waals surface area (Å²) in [7, 11) is 1.75. The van der Waals surface area contributed by atoms with E-state index in [4.69, 9.17) is 0 Å². The third kappa shape index (κ3) is 6.10. The Bertz CT molecular complexity index is 618. The number of hydrogen-bond donors (Lipinski definition) is 2. The number of nitrogens with zero attached hydrogens (tertiary/aromatic N) is 3. The zero-order valence-electron chi connectivity index (χ0n) is 13.7. The Kier molecular flexibility index (Phi) is 6.59. The Morgan fingerprint density at radius 1 is 1.22 bits per heavy atom. The molecule has 2 rings (SSSR count). The van der Waals surface area contributed by atoms with E-state index in [9.17, 15) is 4.39 Å². The molecule has 2 aromatic rings. The topological polar surface area (TPSA) is 54.2 Å². The molecular weight excluding hydrogens is 293 g/mol. The number of benzene rings is 1. The first-order valence-electron chi connectivity index (χ1n) is 7.85. The fourth-order valence-corrected chi connectivity index (χ4v) is 2.23. The molecule has 5 nitrogen and oxygen atoms in total. The van der Waals surface area contributed by atoms with Crippen molar-refractivity contribution < 1.29 is 4.39 Å².